The largest absolute Gasteiger partial charge is 0.467 e. The van der Waals surface area contributed by atoms with Crippen LogP contribution in [0, 0.1) is 5.92 Å². The molecule has 2 atom stereocenters. The molecule has 0 aromatic carbocycles. The summed E-state index contributed by atoms with van der Waals surface area (Å²) >= 11 is 0. The molecule has 5 heteroatoms. The van der Waals surface area contributed by atoms with Crippen LogP contribution in [0.1, 0.15) is 33.1 Å². The van der Waals surface area contributed by atoms with Crippen LogP contribution >= 0.6 is 0 Å². The van der Waals surface area contributed by atoms with Gasteiger partial charge in [0.15, 0.2) is 0 Å². The predicted octanol–water partition coefficient (Wildman–Crippen LogP) is 1.25. The van der Waals surface area contributed by atoms with E-state index in [0.717, 1.165) is 12.8 Å². The van der Waals surface area contributed by atoms with E-state index in [2.05, 4.69) is 10.1 Å². The van der Waals surface area contributed by atoms with E-state index >= 15 is 0 Å². The summed E-state index contributed by atoms with van der Waals surface area (Å²) in [4.78, 5) is 23.7. The number of carbonyl (C=O) groups is 2. The molecule has 0 aliphatic heterocycles. The maximum atomic E-state index is 12.2. The second-order valence-corrected chi connectivity index (χ2v) is 4.75. The molecule has 0 saturated carbocycles. The van der Waals surface area contributed by atoms with Crippen molar-refractivity contribution in [2.24, 2.45) is 11.7 Å². The topological polar surface area (TPSA) is 81.4 Å². The molecule has 0 aromatic rings. The summed E-state index contributed by atoms with van der Waals surface area (Å²) in [6.07, 6.45) is 5.79. The Morgan fingerprint density at radius 1 is 1.58 bits per heavy atom. The number of rotatable bonds is 5. The van der Waals surface area contributed by atoms with Gasteiger partial charge in [0.2, 0.25) is 0 Å². The maximum absolute atomic E-state index is 12.2. The van der Waals surface area contributed by atoms with E-state index < -0.39 is 12.0 Å². The van der Waals surface area contributed by atoms with Crippen molar-refractivity contribution in [2.45, 2.75) is 39.2 Å². The lowest BCUT2D eigenvalue weighted by molar-refractivity contribution is -0.144. The van der Waals surface area contributed by atoms with Gasteiger partial charge in [-0.2, -0.15) is 0 Å². The van der Waals surface area contributed by atoms with Gasteiger partial charge in [0.1, 0.15) is 6.04 Å². The minimum atomic E-state index is -0.617. The summed E-state index contributed by atoms with van der Waals surface area (Å²) in [6.45, 7) is 3.91. The van der Waals surface area contributed by atoms with Gasteiger partial charge in [-0.3, -0.25) is 4.79 Å². The molecule has 0 aromatic heterocycles. The van der Waals surface area contributed by atoms with E-state index in [1.54, 1.807) is 6.08 Å². The molecule has 0 fully saturated rings. The van der Waals surface area contributed by atoms with Gasteiger partial charge >= 0.3 is 5.97 Å². The molecule has 0 radical (unpaired) electrons. The van der Waals surface area contributed by atoms with Crippen LogP contribution in [0.25, 0.3) is 0 Å². The number of nitrogens with one attached hydrogen (secondary N) is 1. The second kappa shape index (κ2) is 6.97. The standard InChI is InChI=1S/C14H22N2O3/c1-4-6-11(14(18)19-3)16-13(17)10-8-5-7-9(2)12(10)15/h5,8-9,11H,4,6-7,15H2,1-3H3,(H,16,17)/t9?,11-/m0/s1. The molecule has 1 unspecified atom stereocenters. The second-order valence-electron chi connectivity index (χ2n) is 4.75. The molecule has 0 saturated heterocycles. The lowest BCUT2D eigenvalue weighted by atomic mass is 9.93. The van der Waals surface area contributed by atoms with Gasteiger partial charge in [-0.1, -0.05) is 32.4 Å². The molecule has 1 rings (SSSR count). The van der Waals surface area contributed by atoms with Gasteiger partial charge in [-0.25, -0.2) is 4.79 Å². The van der Waals surface area contributed by atoms with Crippen LogP contribution in [0.5, 0.6) is 0 Å². The number of ether oxygens (including phenoxy) is 1. The molecule has 106 valence electrons. The molecule has 1 aliphatic rings. The Labute approximate surface area is 113 Å². The van der Waals surface area contributed by atoms with Crippen LogP contribution in [-0.4, -0.2) is 25.0 Å². The number of methoxy groups -OCH3 is 1. The lowest BCUT2D eigenvalue weighted by Crippen LogP contribution is -2.42. The summed E-state index contributed by atoms with van der Waals surface area (Å²) in [7, 11) is 1.31. The number of hydrogen-bond donors (Lipinski definition) is 2. The molecule has 5 nitrogen and oxygen atoms in total. The molecule has 3 N–H and O–H groups in total. The fraction of sp³-hybridized carbons (Fsp3) is 0.571. The van der Waals surface area contributed by atoms with Crippen LogP contribution in [0.15, 0.2) is 23.4 Å². The highest BCUT2D eigenvalue weighted by Crippen LogP contribution is 2.21. The number of amides is 1. The lowest BCUT2D eigenvalue weighted by Gasteiger charge is -2.20. The number of hydrogen-bond acceptors (Lipinski definition) is 4. The van der Waals surface area contributed by atoms with E-state index in [1.165, 1.54) is 7.11 Å². The summed E-state index contributed by atoms with van der Waals surface area (Å²) in [5, 5.41) is 2.69. The van der Waals surface area contributed by atoms with Crippen molar-refractivity contribution >= 4 is 11.9 Å². The first-order valence-corrected chi connectivity index (χ1v) is 6.56. The zero-order chi connectivity index (χ0) is 14.4. The van der Waals surface area contributed by atoms with Crippen LogP contribution in [-0.2, 0) is 14.3 Å². The molecule has 1 aliphatic carbocycles. The van der Waals surface area contributed by atoms with Crippen molar-refractivity contribution in [1.29, 1.82) is 0 Å². The molecule has 0 bridgehead atoms. The van der Waals surface area contributed by atoms with Gasteiger partial charge in [0.05, 0.1) is 12.7 Å². The number of allylic oxidation sites excluding steroid dienone is 2. The van der Waals surface area contributed by atoms with Crippen molar-refractivity contribution in [3.8, 4) is 0 Å². The maximum Gasteiger partial charge on any atom is 0.328 e. The van der Waals surface area contributed by atoms with Crippen molar-refractivity contribution < 1.29 is 14.3 Å². The minimum Gasteiger partial charge on any atom is -0.467 e. The molecule has 0 heterocycles. The number of esters is 1. The summed E-state index contributed by atoms with van der Waals surface area (Å²) in [6, 6.07) is -0.617. The Morgan fingerprint density at radius 3 is 2.84 bits per heavy atom. The molecule has 1 amide bonds. The van der Waals surface area contributed by atoms with E-state index in [0.29, 0.717) is 17.7 Å². The minimum absolute atomic E-state index is 0.147. The van der Waals surface area contributed by atoms with Gasteiger partial charge in [-0.05, 0) is 18.8 Å². The quantitative estimate of drug-likeness (QED) is 0.734. The highest BCUT2D eigenvalue weighted by Gasteiger charge is 2.24. The summed E-state index contributed by atoms with van der Waals surface area (Å²) in [5.74, 6) is -0.597. The van der Waals surface area contributed by atoms with Gasteiger partial charge in [-0.15, -0.1) is 0 Å². The van der Waals surface area contributed by atoms with E-state index in [-0.39, 0.29) is 11.8 Å². The van der Waals surface area contributed by atoms with Crippen molar-refractivity contribution in [3.05, 3.63) is 23.4 Å². The Morgan fingerprint density at radius 2 is 2.26 bits per heavy atom. The normalized spacial score (nSPS) is 20.1. The van der Waals surface area contributed by atoms with Crippen LogP contribution in [0.2, 0.25) is 0 Å². The SMILES string of the molecule is CCC[C@H](NC(=O)C1=C(N)C(C)CC=C1)C(=O)OC. The molecular weight excluding hydrogens is 244 g/mol. The van der Waals surface area contributed by atoms with Crippen molar-refractivity contribution in [1.82, 2.24) is 5.32 Å². The number of nitrogens with two attached hydrogens (primary N) is 1. The van der Waals surface area contributed by atoms with Crippen LogP contribution < -0.4 is 11.1 Å². The van der Waals surface area contributed by atoms with Gasteiger partial charge < -0.3 is 15.8 Å². The molecule has 19 heavy (non-hydrogen) atoms. The van der Waals surface area contributed by atoms with Crippen molar-refractivity contribution in [2.75, 3.05) is 7.11 Å². The van der Waals surface area contributed by atoms with E-state index in [1.807, 2.05) is 19.9 Å². The highest BCUT2D eigenvalue weighted by molar-refractivity contribution is 5.99. The Hall–Kier alpha value is -1.78. The smallest absolute Gasteiger partial charge is 0.328 e. The third-order valence-corrected chi connectivity index (χ3v) is 3.23. The Bertz CT molecular complexity index is 413. The van der Waals surface area contributed by atoms with E-state index in [9.17, 15) is 9.59 Å². The Balaban J connectivity index is 2.80. The Kier molecular flexibility index (Phi) is 5.60. The van der Waals surface area contributed by atoms with Crippen LogP contribution in [0.3, 0.4) is 0 Å². The third kappa shape index (κ3) is 3.84. The zero-order valence-electron chi connectivity index (χ0n) is 11.7. The van der Waals surface area contributed by atoms with Crippen LogP contribution in [0.4, 0.5) is 0 Å². The average molecular weight is 266 g/mol. The predicted molar refractivity (Wildman–Crippen MR) is 73.0 cm³/mol. The first-order valence-electron chi connectivity index (χ1n) is 6.56. The van der Waals surface area contributed by atoms with Gasteiger partial charge in [0, 0.05) is 5.70 Å². The van der Waals surface area contributed by atoms with Gasteiger partial charge in [0.25, 0.3) is 5.91 Å². The fourth-order valence-electron chi connectivity index (χ4n) is 2.00. The number of carbonyl (C=O) groups excluding carboxylic acids is 2. The first-order chi connectivity index (χ1) is 9.01. The third-order valence-electron chi connectivity index (χ3n) is 3.23. The molecule has 0 spiro atoms. The highest BCUT2D eigenvalue weighted by atomic mass is 16.5. The van der Waals surface area contributed by atoms with E-state index in [4.69, 9.17) is 5.73 Å². The molecular formula is C14H22N2O3. The fourth-order valence-corrected chi connectivity index (χ4v) is 2.00. The zero-order valence-corrected chi connectivity index (χ0v) is 11.7. The first kappa shape index (κ1) is 15.3. The van der Waals surface area contributed by atoms with Crippen molar-refractivity contribution in [3.63, 3.8) is 0 Å². The summed E-state index contributed by atoms with van der Waals surface area (Å²) in [5.41, 5.74) is 6.95. The summed E-state index contributed by atoms with van der Waals surface area (Å²) < 4.78 is 4.68. The average Bonchev–Trinajstić information content (AvgIpc) is 2.40. The monoisotopic (exact) mass is 266 g/mol.